The Morgan fingerprint density at radius 2 is 2.27 bits per heavy atom. The Morgan fingerprint density at radius 3 is 3.05 bits per heavy atom. The molecule has 1 aromatic carbocycles. The molecule has 1 N–H and O–H groups in total. The summed E-state index contributed by atoms with van der Waals surface area (Å²) in [7, 11) is 1.60. The van der Waals surface area contributed by atoms with Gasteiger partial charge in [-0.2, -0.15) is 0 Å². The number of hydrogen-bond donors (Lipinski definition) is 1. The maximum atomic E-state index is 12.2. The van der Waals surface area contributed by atoms with Gasteiger partial charge in [0.15, 0.2) is 0 Å². The number of piperidine rings is 1. The Hall–Kier alpha value is -1.92. The minimum atomic E-state index is -0.375. The van der Waals surface area contributed by atoms with Crippen LogP contribution in [0, 0.1) is 6.42 Å². The van der Waals surface area contributed by atoms with E-state index in [0.717, 1.165) is 30.5 Å². The molecule has 22 heavy (non-hydrogen) atoms. The zero-order chi connectivity index (χ0) is 15.5. The molecule has 2 heterocycles. The molecule has 0 saturated carbocycles. The molecule has 0 aliphatic carbocycles. The first-order valence-corrected chi connectivity index (χ1v) is 7.45. The minimum Gasteiger partial charge on any atom is -0.497 e. The number of benzene rings is 1. The molecule has 1 aliphatic rings. The van der Waals surface area contributed by atoms with Crippen LogP contribution in [0.1, 0.15) is 6.42 Å². The van der Waals surface area contributed by atoms with Gasteiger partial charge in [-0.3, -0.25) is 9.69 Å². The largest absolute Gasteiger partial charge is 0.497 e. The van der Waals surface area contributed by atoms with Gasteiger partial charge >= 0.3 is 0 Å². The molecule has 1 aliphatic heterocycles. The van der Waals surface area contributed by atoms with E-state index in [9.17, 15) is 9.90 Å². The molecular weight excluding hydrogens is 282 g/mol. The second-order valence-electron chi connectivity index (χ2n) is 5.50. The van der Waals surface area contributed by atoms with Gasteiger partial charge in [0.25, 0.3) is 5.56 Å². The summed E-state index contributed by atoms with van der Waals surface area (Å²) in [4.78, 5) is 18.5. The molecule has 117 valence electrons. The lowest BCUT2D eigenvalue weighted by Gasteiger charge is -2.29. The highest BCUT2D eigenvalue weighted by Gasteiger charge is 2.18. The monoisotopic (exact) mass is 302 g/mol. The van der Waals surface area contributed by atoms with Gasteiger partial charge in [-0.25, -0.2) is 4.98 Å². The van der Waals surface area contributed by atoms with Crippen molar-refractivity contribution >= 4 is 11.0 Å². The normalized spacial score (nSPS) is 19.5. The first-order valence-electron chi connectivity index (χ1n) is 7.45. The molecule has 1 fully saturated rings. The second-order valence-corrected chi connectivity index (χ2v) is 5.50. The number of β-amino-alcohol motifs (C(OH)–C–C–N with tert-alkyl or cyclic N) is 1. The minimum absolute atomic E-state index is 0.120. The number of aliphatic hydroxyl groups excluding tert-OH is 1. The quantitative estimate of drug-likeness (QED) is 0.899. The lowest BCUT2D eigenvalue weighted by molar-refractivity contribution is 0.105. The highest BCUT2D eigenvalue weighted by molar-refractivity contribution is 5.76. The molecule has 6 heteroatoms. The van der Waals surface area contributed by atoms with Gasteiger partial charge in [-0.05, 0) is 31.5 Å². The van der Waals surface area contributed by atoms with Crippen LogP contribution in [0.5, 0.6) is 5.75 Å². The lowest BCUT2D eigenvalue weighted by atomic mass is 10.1. The van der Waals surface area contributed by atoms with E-state index in [1.807, 2.05) is 24.6 Å². The standard InChI is InChI=1S/C16H20N3O3/c1-22-13-4-5-14-15(9-13)19(16(21)10-17-14)8-7-18-6-2-3-12(20)11-18/h3-5,9-10,12,20H,2,6-8,11H2,1H3. The average molecular weight is 302 g/mol. The fourth-order valence-corrected chi connectivity index (χ4v) is 2.82. The molecule has 0 spiro atoms. The highest BCUT2D eigenvalue weighted by Crippen LogP contribution is 2.18. The third kappa shape index (κ3) is 3.13. The SMILES string of the molecule is COc1ccc2ncc(=O)n(CCN3CC[CH]C(O)C3)c2c1. The van der Waals surface area contributed by atoms with Crippen LogP contribution in [0.3, 0.4) is 0 Å². The van der Waals surface area contributed by atoms with Gasteiger partial charge in [0.1, 0.15) is 5.75 Å². The molecule has 1 saturated heterocycles. The number of methoxy groups -OCH3 is 1. The molecule has 2 aromatic rings. The van der Waals surface area contributed by atoms with E-state index >= 15 is 0 Å². The zero-order valence-corrected chi connectivity index (χ0v) is 12.6. The van der Waals surface area contributed by atoms with Gasteiger partial charge in [0, 0.05) is 25.7 Å². The number of rotatable bonds is 4. The summed E-state index contributed by atoms with van der Waals surface area (Å²) < 4.78 is 6.95. The van der Waals surface area contributed by atoms with Crippen LogP contribution in [-0.4, -0.2) is 52.4 Å². The molecule has 1 unspecified atom stereocenters. The van der Waals surface area contributed by atoms with Crippen molar-refractivity contribution in [3.05, 3.63) is 41.2 Å². The van der Waals surface area contributed by atoms with Crippen molar-refractivity contribution in [3.63, 3.8) is 0 Å². The van der Waals surface area contributed by atoms with Gasteiger partial charge in [0.2, 0.25) is 0 Å². The van der Waals surface area contributed by atoms with Crippen molar-refractivity contribution in [2.75, 3.05) is 26.7 Å². The van der Waals surface area contributed by atoms with Crippen molar-refractivity contribution in [2.24, 2.45) is 0 Å². The predicted octanol–water partition coefficient (Wildman–Crippen LogP) is 0.676. The van der Waals surface area contributed by atoms with Crippen molar-refractivity contribution in [1.29, 1.82) is 0 Å². The van der Waals surface area contributed by atoms with Crippen molar-refractivity contribution in [3.8, 4) is 5.75 Å². The van der Waals surface area contributed by atoms with E-state index in [2.05, 4.69) is 9.88 Å². The third-order valence-electron chi connectivity index (χ3n) is 4.02. The van der Waals surface area contributed by atoms with Crippen molar-refractivity contribution in [1.82, 2.24) is 14.5 Å². The van der Waals surface area contributed by atoms with E-state index in [-0.39, 0.29) is 11.7 Å². The number of aromatic nitrogens is 2. The summed E-state index contributed by atoms with van der Waals surface area (Å²) in [6, 6.07) is 5.52. The van der Waals surface area contributed by atoms with Gasteiger partial charge in [-0.1, -0.05) is 0 Å². The van der Waals surface area contributed by atoms with Gasteiger partial charge in [-0.15, -0.1) is 0 Å². The number of ether oxygens (including phenoxy) is 1. The Balaban J connectivity index is 1.85. The van der Waals surface area contributed by atoms with E-state index in [4.69, 9.17) is 4.74 Å². The molecule has 1 radical (unpaired) electrons. The molecule has 1 aromatic heterocycles. The predicted molar refractivity (Wildman–Crippen MR) is 83.9 cm³/mol. The maximum Gasteiger partial charge on any atom is 0.269 e. The van der Waals surface area contributed by atoms with Gasteiger partial charge < -0.3 is 14.4 Å². The van der Waals surface area contributed by atoms with Crippen LogP contribution in [0.2, 0.25) is 0 Å². The first-order chi connectivity index (χ1) is 10.7. The molecule has 0 bridgehead atoms. The third-order valence-corrected chi connectivity index (χ3v) is 4.02. The molecule has 1 atom stereocenters. The highest BCUT2D eigenvalue weighted by atomic mass is 16.5. The van der Waals surface area contributed by atoms with Crippen LogP contribution in [0.25, 0.3) is 11.0 Å². The number of aliphatic hydroxyl groups is 1. The lowest BCUT2D eigenvalue weighted by Crippen LogP contribution is -2.41. The Bertz CT molecular complexity index is 713. The molecule has 3 rings (SSSR count). The van der Waals surface area contributed by atoms with E-state index in [0.29, 0.717) is 18.8 Å². The van der Waals surface area contributed by atoms with E-state index in [1.165, 1.54) is 6.20 Å². The van der Waals surface area contributed by atoms with E-state index < -0.39 is 0 Å². The number of likely N-dealkylation sites (tertiary alicyclic amines) is 1. The summed E-state index contributed by atoms with van der Waals surface area (Å²) in [5.41, 5.74) is 1.42. The van der Waals surface area contributed by atoms with Crippen LogP contribution >= 0.6 is 0 Å². The number of hydrogen-bond acceptors (Lipinski definition) is 5. The van der Waals surface area contributed by atoms with E-state index in [1.54, 1.807) is 11.7 Å². The molecule has 0 amide bonds. The Kier molecular flexibility index (Phi) is 4.40. The maximum absolute atomic E-state index is 12.2. The summed E-state index contributed by atoms with van der Waals surface area (Å²) in [6.45, 7) is 2.83. The molecule has 6 nitrogen and oxygen atoms in total. The van der Waals surface area contributed by atoms with Gasteiger partial charge in [0.05, 0.1) is 30.4 Å². The summed E-state index contributed by atoms with van der Waals surface area (Å²) in [5.74, 6) is 0.705. The zero-order valence-electron chi connectivity index (χ0n) is 12.6. The topological polar surface area (TPSA) is 67.6 Å². The van der Waals surface area contributed by atoms with Crippen molar-refractivity contribution in [2.45, 2.75) is 19.1 Å². The molecular formula is C16H20N3O3. The summed E-state index contributed by atoms with van der Waals surface area (Å²) in [6.07, 6.45) is 3.78. The second kappa shape index (κ2) is 6.46. The van der Waals surface area contributed by atoms with Crippen LogP contribution < -0.4 is 10.3 Å². The smallest absolute Gasteiger partial charge is 0.269 e. The van der Waals surface area contributed by atoms with Crippen molar-refractivity contribution < 1.29 is 9.84 Å². The van der Waals surface area contributed by atoms with Crippen LogP contribution in [0.15, 0.2) is 29.2 Å². The first kappa shape index (κ1) is 15.0. The number of nitrogens with zero attached hydrogens (tertiary/aromatic N) is 3. The number of fused-ring (bicyclic) bond motifs is 1. The average Bonchev–Trinajstić information content (AvgIpc) is 2.53. The van der Waals surface area contributed by atoms with Crippen LogP contribution in [0.4, 0.5) is 0 Å². The summed E-state index contributed by atoms with van der Waals surface area (Å²) in [5, 5.41) is 9.68. The Morgan fingerprint density at radius 1 is 1.41 bits per heavy atom. The fourth-order valence-electron chi connectivity index (χ4n) is 2.82. The Labute approximate surface area is 129 Å². The van der Waals surface area contributed by atoms with Crippen LogP contribution in [-0.2, 0) is 6.54 Å². The fraction of sp³-hybridized carbons (Fsp3) is 0.438. The summed E-state index contributed by atoms with van der Waals surface area (Å²) >= 11 is 0.